The Bertz CT molecular complexity index is 3440. The summed E-state index contributed by atoms with van der Waals surface area (Å²) in [6.07, 6.45) is 6.37. The van der Waals surface area contributed by atoms with Crippen molar-refractivity contribution >= 4 is 70.9 Å². The molecule has 0 N–H and O–H groups in total. The van der Waals surface area contributed by atoms with Crippen LogP contribution in [0.5, 0.6) is 0 Å². The van der Waals surface area contributed by atoms with Crippen molar-refractivity contribution in [2.45, 2.75) is 6.17 Å². The molecule has 278 valence electrons. The van der Waals surface area contributed by atoms with Crippen LogP contribution >= 0.6 is 0 Å². The van der Waals surface area contributed by atoms with Gasteiger partial charge in [-0.2, -0.15) is 0 Å². The molecule has 1 unspecified atom stereocenters. The lowest BCUT2D eigenvalue weighted by Gasteiger charge is -2.33. The topological polar surface area (TPSA) is 51.8 Å². The summed E-state index contributed by atoms with van der Waals surface area (Å²) in [5.74, 6) is 1.89. The Kier molecular flexibility index (Phi) is 7.41. The molecule has 0 radical (unpaired) electrons. The maximum absolute atomic E-state index is 5.24. The first-order chi connectivity index (χ1) is 29.2. The lowest BCUT2D eigenvalue weighted by Crippen LogP contribution is -2.29. The Hall–Kier alpha value is -7.83. The van der Waals surface area contributed by atoms with Crippen molar-refractivity contribution in [3.8, 4) is 28.5 Å². The first-order valence-corrected chi connectivity index (χ1v) is 20.0. The van der Waals surface area contributed by atoms with Gasteiger partial charge in [0, 0.05) is 45.4 Å². The van der Waals surface area contributed by atoms with Crippen LogP contribution in [0.2, 0.25) is 0 Å². The van der Waals surface area contributed by atoms with E-state index in [4.69, 9.17) is 15.0 Å². The predicted octanol–water partition coefficient (Wildman–Crippen LogP) is 12.8. The number of likely N-dealkylation sites (N-methyl/N-ethyl adjacent to an activating group) is 1. The largest absolute Gasteiger partial charge is 0.348 e. The standard InChI is InChI=1S/C53H36N6/c1-57-47(53-55-51(38-28-26-34-14-5-7-16-36(34)30-38)54-52(56-53)39-29-27-35-15-6-8-17-37(35)31-39)24-13-25-50(57)59-46-23-12-10-21-42(46)44-32-43-41-20-9-11-22-45(41)58(48(43)33-49(44)59)40-18-3-2-4-19-40/h2-33,50H,1H3. The quantitative estimate of drug-likeness (QED) is 0.175. The Morgan fingerprint density at radius 3 is 1.64 bits per heavy atom. The summed E-state index contributed by atoms with van der Waals surface area (Å²) < 4.78 is 4.86. The molecule has 12 rings (SSSR count). The van der Waals surface area contributed by atoms with Gasteiger partial charge in [0.1, 0.15) is 6.17 Å². The number of benzene rings is 8. The fourth-order valence-corrected chi connectivity index (χ4v) is 9.13. The van der Waals surface area contributed by atoms with Crippen LogP contribution in [0.15, 0.2) is 194 Å². The number of nitrogens with zero attached hydrogens (tertiary/aromatic N) is 6. The van der Waals surface area contributed by atoms with E-state index in [0.29, 0.717) is 17.5 Å². The van der Waals surface area contributed by atoms with Crippen molar-refractivity contribution in [3.63, 3.8) is 0 Å². The van der Waals surface area contributed by atoms with Crippen molar-refractivity contribution in [2.24, 2.45) is 0 Å². The lowest BCUT2D eigenvalue weighted by molar-refractivity contribution is 0.329. The molecule has 8 aromatic carbocycles. The van der Waals surface area contributed by atoms with Crippen molar-refractivity contribution < 1.29 is 0 Å². The van der Waals surface area contributed by atoms with Crippen molar-refractivity contribution in [3.05, 3.63) is 200 Å². The molecule has 4 heterocycles. The average Bonchev–Trinajstić information content (AvgIpc) is 3.80. The molecule has 0 saturated heterocycles. The fraction of sp³-hybridized carbons (Fsp3) is 0.0377. The third kappa shape index (κ3) is 5.30. The number of para-hydroxylation sites is 3. The second-order valence-electron chi connectivity index (χ2n) is 15.4. The van der Waals surface area contributed by atoms with Gasteiger partial charge in [0.05, 0.1) is 27.8 Å². The molecule has 0 fully saturated rings. The van der Waals surface area contributed by atoms with Crippen molar-refractivity contribution in [2.75, 3.05) is 7.05 Å². The molecule has 0 spiro atoms. The highest BCUT2D eigenvalue weighted by Crippen LogP contribution is 2.42. The highest BCUT2D eigenvalue weighted by Gasteiger charge is 2.27. The number of allylic oxidation sites excluding steroid dienone is 2. The number of hydrogen-bond donors (Lipinski definition) is 0. The monoisotopic (exact) mass is 756 g/mol. The molecule has 0 aliphatic carbocycles. The highest BCUT2D eigenvalue weighted by molar-refractivity contribution is 6.18. The minimum Gasteiger partial charge on any atom is -0.348 e. The number of fused-ring (bicyclic) bond motifs is 8. The molecular weight excluding hydrogens is 721 g/mol. The third-order valence-electron chi connectivity index (χ3n) is 12.0. The summed E-state index contributed by atoms with van der Waals surface area (Å²) in [6, 6.07) is 62.6. The van der Waals surface area contributed by atoms with Crippen LogP contribution in [-0.4, -0.2) is 36.0 Å². The lowest BCUT2D eigenvalue weighted by atomic mass is 10.1. The van der Waals surface area contributed by atoms with E-state index in [1.165, 1.54) is 43.4 Å². The number of aromatic nitrogens is 5. The minimum absolute atomic E-state index is 0.172. The van der Waals surface area contributed by atoms with E-state index in [1.807, 2.05) is 0 Å². The minimum atomic E-state index is -0.172. The van der Waals surface area contributed by atoms with Gasteiger partial charge in [-0.1, -0.05) is 133 Å². The zero-order valence-corrected chi connectivity index (χ0v) is 32.2. The molecule has 0 amide bonds. The molecule has 11 aromatic rings. The van der Waals surface area contributed by atoms with Crippen LogP contribution in [-0.2, 0) is 0 Å². The SMILES string of the molecule is CN1C(c2nc(-c3ccc4ccccc4c3)nc(-c3ccc4ccccc4c3)n2)=CC=CC1n1c2ccccc2c2cc3c4ccccc4n(-c4ccccc4)c3cc21. The first kappa shape index (κ1) is 33.3. The number of hydrogen-bond acceptors (Lipinski definition) is 4. The Morgan fingerprint density at radius 1 is 0.424 bits per heavy atom. The van der Waals surface area contributed by atoms with Gasteiger partial charge in [-0.05, 0) is 82.2 Å². The summed E-state index contributed by atoms with van der Waals surface area (Å²) in [6.45, 7) is 0. The van der Waals surface area contributed by atoms with E-state index in [2.05, 4.69) is 215 Å². The zero-order chi connectivity index (χ0) is 39.0. The second kappa shape index (κ2) is 13.1. The second-order valence-corrected chi connectivity index (χ2v) is 15.4. The molecule has 1 aliphatic heterocycles. The van der Waals surface area contributed by atoms with Gasteiger partial charge >= 0.3 is 0 Å². The normalized spacial score (nSPS) is 14.4. The summed E-state index contributed by atoms with van der Waals surface area (Å²) in [5.41, 5.74) is 8.63. The van der Waals surface area contributed by atoms with Crippen LogP contribution in [0.3, 0.4) is 0 Å². The van der Waals surface area contributed by atoms with Gasteiger partial charge in [0.15, 0.2) is 17.5 Å². The fourth-order valence-electron chi connectivity index (χ4n) is 9.13. The molecule has 0 saturated carbocycles. The van der Waals surface area contributed by atoms with Crippen LogP contribution < -0.4 is 0 Å². The molecule has 0 bridgehead atoms. The summed E-state index contributed by atoms with van der Waals surface area (Å²) >= 11 is 0. The van der Waals surface area contributed by atoms with E-state index in [0.717, 1.165) is 44.3 Å². The van der Waals surface area contributed by atoms with Crippen LogP contribution in [0.25, 0.3) is 99.3 Å². The smallest absolute Gasteiger partial charge is 0.180 e. The molecule has 6 heteroatoms. The van der Waals surface area contributed by atoms with Crippen molar-refractivity contribution in [1.29, 1.82) is 0 Å². The van der Waals surface area contributed by atoms with E-state index < -0.39 is 0 Å². The van der Waals surface area contributed by atoms with E-state index in [1.54, 1.807) is 0 Å². The summed E-state index contributed by atoms with van der Waals surface area (Å²) in [7, 11) is 2.15. The molecule has 1 aliphatic rings. The molecule has 3 aromatic heterocycles. The average molecular weight is 757 g/mol. The summed E-state index contributed by atoms with van der Waals surface area (Å²) in [5, 5.41) is 9.55. The van der Waals surface area contributed by atoms with Gasteiger partial charge in [-0.15, -0.1) is 0 Å². The number of rotatable bonds is 5. The Morgan fingerprint density at radius 2 is 0.966 bits per heavy atom. The zero-order valence-electron chi connectivity index (χ0n) is 32.2. The van der Waals surface area contributed by atoms with Gasteiger partial charge in [0.2, 0.25) is 0 Å². The predicted molar refractivity (Wildman–Crippen MR) is 243 cm³/mol. The molecule has 1 atom stereocenters. The van der Waals surface area contributed by atoms with Crippen LogP contribution in [0, 0.1) is 0 Å². The van der Waals surface area contributed by atoms with E-state index in [-0.39, 0.29) is 6.17 Å². The molecular formula is C53H36N6. The van der Waals surface area contributed by atoms with Crippen LogP contribution in [0.1, 0.15) is 12.0 Å². The molecule has 6 nitrogen and oxygen atoms in total. The highest BCUT2D eigenvalue weighted by atomic mass is 15.3. The summed E-state index contributed by atoms with van der Waals surface area (Å²) in [4.78, 5) is 17.9. The van der Waals surface area contributed by atoms with Gasteiger partial charge in [-0.3, -0.25) is 0 Å². The van der Waals surface area contributed by atoms with E-state index >= 15 is 0 Å². The first-order valence-electron chi connectivity index (χ1n) is 20.0. The van der Waals surface area contributed by atoms with Gasteiger partial charge in [-0.25, -0.2) is 15.0 Å². The maximum Gasteiger partial charge on any atom is 0.180 e. The third-order valence-corrected chi connectivity index (χ3v) is 12.0. The molecule has 59 heavy (non-hydrogen) atoms. The Balaban J connectivity index is 1.04. The van der Waals surface area contributed by atoms with Gasteiger partial charge in [0.25, 0.3) is 0 Å². The Labute approximate surface area is 340 Å². The maximum atomic E-state index is 5.24. The van der Waals surface area contributed by atoms with E-state index in [9.17, 15) is 0 Å². The van der Waals surface area contributed by atoms with Gasteiger partial charge < -0.3 is 14.0 Å². The van der Waals surface area contributed by atoms with Crippen LogP contribution in [0.4, 0.5) is 0 Å². The van der Waals surface area contributed by atoms with Crippen molar-refractivity contribution in [1.82, 2.24) is 29.0 Å².